The third kappa shape index (κ3) is 2.11. The van der Waals surface area contributed by atoms with Crippen molar-refractivity contribution in [3.05, 3.63) is 40.8 Å². The Labute approximate surface area is 119 Å². The third-order valence-electron chi connectivity index (χ3n) is 2.74. The fourth-order valence-electron chi connectivity index (χ4n) is 1.80. The standard InChI is InChI=1S/C12H9Cl2N5/c1-19-12-7(5-17-19)11(15-6-16-12)18-10-8(13)3-2-4-9(10)14/h2-6H,1H3,(H,15,16,18). The van der Waals surface area contributed by atoms with Crippen molar-refractivity contribution in [1.29, 1.82) is 0 Å². The van der Waals surface area contributed by atoms with Crippen molar-refractivity contribution in [3.63, 3.8) is 0 Å². The van der Waals surface area contributed by atoms with Gasteiger partial charge in [0.2, 0.25) is 0 Å². The maximum Gasteiger partial charge on any atom is 0.163 e. The normalized spacial score (nSPS) is 10.9. The molecule has 0 aliphatic heterocycles. The molecule has 0 spiro atoms. The summed E-state index contributed by atoms with van der Waals surface area (Å²) in [7, 11) is 1.82. The molecule has 0 aliphatic rings. The van der Waals surface area contributed by atoms with Gasteiger partial charge >= 0.3 is 0 Å². The highest BCUT2D eigenvalue weighted by Gasteiger charge is 2.11. The van der Waals surface area contributed by atoms with Crippen LogP contribution in [0.25, 0.3) is 11.0 Å². The maximum atomic E-state index is 6.12. The van der Waals surface area contributed by atoms with Crippen molar-refractivity contribution in [3.8, 4) is 0 Å². The van der Waals surface area contributed by atoms with E-state index in [2.05, 4.69) is 20.4 Å². The van der Waals surface area contributed by atoms with E-state index in [0.717, 1.165) is 11.0 Å². The molecule has 0 saturated carbocycles. The van der Waals surface area contributed by atoms with E-state index in [1.54, 1.807) is 29.1 Å². The van der Waals surface area contributed by atoms with Gasteiger partial charge in [0, 0.05) is 7.05 Å². The highest BCUT2D eigenvalue weighted by Crippen LogP contribution is 2.33. The smallest absolute Gasteiger partial charge is 0.163 e. The summed E-state index contributed by atoms with van der Waals surface area (Å²) in [6, 6.07) is 5.31. The van der Waals surface area contributed by atoms with Crippen LogP contribution in [0.4, 0.5) is 11.5 Å². The Kier molecular flexibility index (Phi) is 3.00. The largest absolute Gasteiger partial charge is 0.337 e. The average Bonchev–Trinajstić information content (AvgIpc) is 2.77. The van der Waals surface area contributed by atoms with E-state index in [1.807, 2.05) is 7.05 Å². The summed E-state index contributed by atoms with van der Waals surface area (Å²) in [4.78, 5) is 8.38. The fraction of sp³-hybridized carbons (Fsp3) is 0.0833. The van der Waals surface area contributed by atoms with Crippen LogP contribution in [-0.4, -0.2) is 19.7 Å². The van der Waals surface area contributed by atoms with Crippen LogP contribution in [0.3, 0.4) is 0 Å². The van der Waals surface area contributed by atoms with Crippen molar-refractivity contribution in [2.75, 3.05) is 5.32 Å². The lowest BCUT2D eigenvalue weighted by molar-refractivity contribution is 0.785. The van der Waals surface area contributed by atoms with E-state index in [1.165, 1.54) is 6.33 Å². The molecule has 0 aliphatic carbocycles. The van der Waals surface area contributed by atoms with Crippen molar-refractivity contribution in [2.24, 2.45) is 7.05 Å². The summed E-state index contributed by atoms with van der Waals surface area (Å²) in [5.41, 5.74) is 1.36. The number of nitrogens with zero attached hydrogens (tertiary/aromatic N) is 4. The number of anilines is 2. The number of nitrogens with one attached hydrogen (secondary N) is 1. The van der Waals surface area contributed by atoms with E-state index in [-0.39, 0.29) is 0 Å². The van der Waals surface area contributed by atoms with Gasteiger partial charge in [0.1, 0.15) is 12.1 Å². The first-order chi connectivity index (χ1) is 9.16. The molecule has 7 heteroatoms. The predicted octanol–water partition coefficient (Wildman–Crippen LogP) is 3.41. The van der Waals surface area contributed by atoms with Crippen molar-refractivity contribution < 1.29 is 0 Å². The molecule has 0 unspecified atom stereocenters. The van der Waals surface area contributed by atoms with Crippen molar-refractivity contribution >= 4 is 45.7 Å². The number of para-hydroxylation sites is 1. The van der Waals surface area contributed by atoms with Gasteiger partial charge in [-0.25, -0.2) is 9.97 Å². The quantitative estimate of drug-likeness (QED) is 0.787. The minimum absolute atomic E-state index is 0.531. The highest BCUT2D eigenvalue weighted by molar-refractivity contribution is 6.39. The van der Waals surface area contributed by atoms with Gasteiger partial charge in [-0.05, 0) is 12.1 Å². The molecule has 96 valence electrons. The maximum absolute atomic E-state index is 6.12. The molecule has 3 aromatic rings. The van der Waals surface area contributed by atoms with Gasteiger partial charge < -0.3 is 5.32 Å². The number of hydrogen-bond acceptors (Lipinski definition) is 4. The lowest BCUT2D eigenvalue weighted by Gasteiger charge is -2.09. The zero-order valence-electron chi connectivity index (χ0n) is 9.93. The molecule has 0 bridgehead atoms. The SMILES string of the molecule is Cn1ncc2c(Nc3c(Cl)cccc3Cl)ncnc21. The minimum atomic E-state index is 0.531. The molecule has 0 atom stereocenters. The number of hydrogen-bond donors (Lipinski definition) is 1. The first-order valence-corrected chi connectivity index (χ1v) is 6.26. The van der Waals surface area contributed by atoms with Crippen LogP contribution >= 0.6 is 23.2 Å². The second-order valence-corrected chi connectivity index (χ2v) is 4.76. The zero-order chi connectivity index (χ0) is 13.4. The van der Waals surface area contributed by atoms with E-state index in [0.29, 0.717) is 21.6 Å². The summed E-state index contributed by atoms with van der Waals surface area (Å²) >= 11 is 12.2. The Morgan fingerprint density at radius 3 is 2.63 bits per heavy atom. The monoisotopic (exact) mass is 293 g/mol. The molecule has 2 aromatic heterocycles. The molecule has 2 heterocycles. The number of aromatic nitrogens is 4. The topological polar surface area (TPSA) is 55.6 Å². The molecule has 5 nitrogen and oxygen atoms in total. The first kappa shape index (κ1) is 12.2. The van der Waals surface area contributed by atoms with E-state index in [9.17, 15) is 0 Å². The van der Waals surface area contributed by atoms with Gasteiger partial charge in [0.15, 0.2) is 5.65 Å². The third-order valence-corrected chi connectivity index (χ3v) is 3.37. The van der Waals surface area contributed by atoms with Crippen LogP contribution in [0.2, 0.25) is 10.0 Å². The molecular formula is C12H9Cl2N5. The molecule has 19 heavy (non-hydrogen) atoms. The van der Waals surface area contributed by atoms with Crippen LogP contribution in [0.1, 0.15) is 0 Å². The second kappa shape index (κ2) is 4.68. The second-order valence-electron chi connectivity index (χ2n) is 3.95. The van der Waals surface area contributed by atoms with Crippen LogP contribution in [-0.2, 0) is 7.05 Å². The van der Waals surface area contributed by atoms with Gasteiger partial charge in [-0.3, -0.25) is 4.68 Å². The Balaban J connectivity index is 2.11. The van der Waals surface area contributed by atoms with E-state index >= 15 is 0 Å². The zero-order valence-corrected chi connectivity index (χ0v) is 11.4. The summed E-state index contributed by atoms with van der Waals surface area (Å²) in [5.74, 6) is 0.619. The molecular weight excluding hydrogens is 285 g/mol. The van der Waals surface area contributed by atoms with Crippen LogP contribution < -0.4 is 5.32 Å². The van der Waals surface area contributed by atoms with Crippen LogP contribution in [0.5, 0.6) is 0 Å². The molecule has 0 radical (unpaired) electrons. The Morgan fingerprint density at radius 1 is 1.16 bits per heavy atom. The molecule has 1 aromatic carbocycles. The average molecular weight is 294 g/mol. The lowest BCUT2D eigenvalue weighted by atomic mass is 10.3. The van der Waals surface area contributed by atoms with Gasteiger partial charge in [-0.1, -0.05) is 29.3 Å². The number of aryl methyl sites for hydroxylation is 1. The molecule has 3 rings (SSSR count). The number of rotatable bonds is 2. The van der Waals surface area contributed by atoms with Gasteiger partial charge in [0.05, 0.1) is 27.3 Å². The van der Waals surface area contributed by atoms with Crippen molar-refractivity contribution in [2.45, 2.75) is 0 Å². The molecule has 0 fully saturated rings. The van der Waals surface area contributed by atoms with E-state index in [4.69, 9.17) is 23.2 Å². The van der Waals surface area contributed by atoms with Crippen LogP contribution in [0.15, 0.2) is 30.7 Å². The Morgan fingerprint density at radius 2 is 1.89 bits per heavy atom. The van der Waals surface area contributed by atoms with Gasteiger partial charge in [-0.2, -0.15) is 5.10 Å². The summed E-state index contributed by atoms with van der Waals surface area (Å²) in [5, 5.41) is 9.15. The summed E-state index contributed by atoms with van der Waals surface area (Å²) in [6.07, 6.45) is 3.17. The molecule has 1 N–H and O–H groups in total. The Hall–Kier alpha value is -1.85. The summed E-state index contributed by atoms with van der Waals surface area (Å²) in [6.45, 7) is 0. The fourth-order valence-corrected chi connectivity index (χ4v) is 2.29. The number of benzene rings is 1. The molecule has 0 saturated heterocycles. The van der Waals surface area contributed by atoms with Gasteiger partial charge in [-0.15, -0.1) is 0 Å². The predicted molar refractivity (Wildman–Crippen MR) is 76.0 cm³/mol. The van der Waals surface area contributed by atoms with Crippen LogP contribution in [0, 0.1) is 0 Å². The summed E-state index contributed by atoms with van der Waals surface area (Å²) < 4.78 is 1.68. The van der Waals surface area contributed by atoms with Gasteiger partial charge in [0.25, 0.3) is 0 Å². The van der Waals surface area contributed by atoms with E-state index < -0.39 is 0 Å². The van der Waals surface area contributed by atoms with Crippen molar-refractivity contribution in [1.82, 2.24) is 19.7 Å². The number of fused-ring (bicyclic) bond motifs is 1. The number of halogens is 2. The minimum Gasteiger partial charge on any atom is -0.337 e. The molecule has 0 amide bonds. The first-order valence-electron chi connectivity index (χ1n) is 5.50. The lowest BCUT2D eigenvalue weighted by Crippen LogP contribution is -1.98. The Bertz CT molecular complexity index is 733. The highest BCUT2D eigenvalue weighted by atomic mass is 35.5.